The lowest BCUT2D eigenvalue weighted by Gasteiger charge is -2.10. The first-order chi connectivity index (χ1) is 12.0. The predicted octanol–water partition coefficient (Wildman–Crippen LogP) is 4.53. The van der Waals surface area contributed by atoms with E-state index in [9.17, 15) is 4.79 Å². The Morgan fingerprint density at radius 2 is 1.84 bits per heavy atom. The molecule has 0 radical (unpaired) electrons. The number of hydrogen-bond acceptors (Lipinski definition) is 3. The van der Waals surface area contributed by atoms with E-state index in [4.69, 9.17) is 0 Å². The number of aromatic nitrogens is 2. The molecule has 0 fully saturated rings. The molecule has 0 unspecified atom stereocenters. The molecule has 1 aromatic heterocycles. The normalized spacial score (nSPS) is 10.7. The second kappa shape index (κ2) is 7.57. The third kappa shape index (κ3) is 4.31. The van der Waals surface area contributed by atoms with E-state index in [0.717, 1.165) is 22.1 Å². The molecule has 0 aliphatic heterocycles. The van der Waals surface area contributed by atoms with Gasteiger partial charge in [0.2, 0.25) is 5.91 Å². The maximum absolute atomic E-state index is 12.2. The number of carbonyl (C=O) groups excluding carboxylic acids is 1. The smallest absolute Gasteiger partial charge is 0.234 e. The molecule has 1 amide bonds. The van der Waals surface area contributed by atoms with Gasteiger partial charge in [-0.15, -0.1) is 0 Å². The summed E-state index contributed by atoms with van der Waals surface area (Å²) in [5.41, 5.74) is 5.38. The van der Waals surface area contributed by atoms with E-state index in [1.807, 2.05) is 42.0 Å². The first-order valence-electron chi connectivity index (χ1n) is 8.13. The van der Waals surface area contributed by atoms with Gasteiger partial charge in [0.25, 0.3) is 0 Å². The van der Waals surface area contributed by atoms with Gasteiger partial charge in [-0.25, -0.2) is 4.98 Å². The van der Waals surface area contributed by atoms with E-state index in [1.165, 1.54) is 22.9 Å². The van der Waals surface area contributed by atoms with Gasteiger partial charge in [0.1, 0.15) is 0 Å². The van der Waals surface area contributed by atoms with Crippen LogP contribution in [0.4, 0.5) is 5.69 Å². The number of aryl methyl sites for hydroxylation is 3. The van der Waals surface area contributed by atoms with Crippen LogP contribution in [0.15, 0.2) is 60.0 Å². The number of nitrogens with zero attached hydrogens (tertiary/aromatic N) is 2. The number of benzene rings is 2. The van der Waals surface area contributed by atoms with Gasteiger partial charge >= 0.3 is 0 Å². The second-order valence-electron chi connectivity index (χ2n) is 6.08. The molecular weight excluding hydrogens is 330 g/mol. The molecule has 0 saturated heterocycles. The molecule has 0 spiro atoms. The quantitative estimate of drug-likeness (QED) is 0.687. The second-order valence-corrected chi connectivity index (χ2v) is 7.02. The SMILES string of the molecule is Cc1cc(C)cc(-n2ccnc2SCC(=O)Nc2ccccc2C)c1. The molecule has 0 atom stereocenters. The summed E-state index contributed by atoms with van der Waals surface area (Å²) in [5.74, 6) is 0.283. The van der Waals surface area contributed by atoms with Crippen molar-refractivity contribution in [2.24, 2.45) is 0 Å². The Hall–Kier alpha value is -2.53. The van der Waals surface area contributed by atoms with Crippen LogP contribution in [0.2, 0.25) is 0 Å². The predicted molar refractivity (Wildman–Crippen MR) is 104 cm³/mol. The van der Waals surface area contributed by atoms with E-state index in [1.54, 1.807) is 6.20 Å². The first kappa shape index (κ1) is 17.3. The minimum Gasteiger partial charge on any atom is -0.325 e. The van der Waals surface area contributed by atoms with Crippen molar-refractivity contribution in [2.45, 2.75) is 25.9 Å². The van der Waals surface area contributed by atoms with Gasteiger partial charge in [-0.3, -0.25) is 9.36 Å². The minimum absolute atomic E-state index is 0.0331. The Balaban J connectivity index is 1.69. The topological polar surface area (TPSA) is 46.9 Å². The van der Waals surface area contributed by atoms with E-state index < -0.39 is 0 Å². The van der Waals surface area contributed by atoms with Crippen molar-refractivity contribution in [3.05, 3.63) is 71.5 Å². The average Bonchev–Trinajstić information content (AvgIpc) is 3.03. The summed E-state index contributed by atoms with van der Waals surface area (Å²) < 4.78 is 2.02. The van der Waals surface area contributed by atoms with E-state index in [0.29, 0.717) is 5.75 Å². The first-order valence-corrected chi connectivity index (χ1v) is 9.12. The molecule has 1 N–H and O–H groups in total. The van der Waals surface area contributed by atoms with Crippen LogP contribution in [-0.4, -0.2) is 21.2 Å². The Labute approximate surface area is 152 Å². The van der Waals surface area contributed by atoms with Crippen molar-refractivity contribution in [3.63, 3.8) is 0 Å². The number of rotatable bonds is 5. The van der Waals surface area contributed by atoms with Gasteiger partial charge in [0.15, 0.2) is 5.16 Å². The monoisotopic (exact) mass is 351 g/mol. The number of anilines is 1. The molecule has 4 nitrogen and oxygen atoms in total. The van der Waals surface area contributed by atoms with Crippen LogP contribution in [-0.2, 0) is 4.79 Å². The average molecular weight is 351 g/mol. The fourth-order valence-corrected chi connectivity index (χ4v) is 3.49. The molecule has 128 valence electrons. The standard InChI is InChI=1S/C20H21N3OS/c1-14-10-15(2)12-17(11-14)23-9-8-21-20(23)25-13-19(24)22-18-7-5-4-6-16(18)3/h4-12H,13H2,1-3H3,(H,22,24). The third-order valence-corrected chi connectivity index (χ3v) is 4.81. The number of imidazole rings is 1. The van der Waals surface area contributed by atoms with Gasteiger partial charge in [-0.2, -0.15) is 0 Å². The number of thioether (sulfide) groups is 1. The summed E-state index contributed by atoms with van der Waals surface area (Å²) in [5, 5.41) is 3.76. The highest BCUT2D eigenvalue weighted by Crippen LogP contribution is 2.22. The van der Waals surface area contributed by atoms with Crippen LogP contribution < -0.4 is 5.32 Å². The molecule has 0 aliphatic carbocycles. The van der Waals surface area contributed by atoms with Crippen molar-refractivity contribution in [1.29, 1.82) is 0 Å². The zero-order chi connectivity index (χ0) is 17.8. The van der Waals surface area contributed by atoms with Gasteiger partial charge in [0, 0.05) is 23.8 Å². The van der Waals surface area contributed by atoms with Crippen LogP contribution in [0.3, 0.4) is 0 Å². The number of hydrogen-bond donors (Lipinski definition) is 1. The summed E-state index contributed by atoms with van der Waals surface area (Å²) in [6.07, 6.45) is 3.69. The van der Waals surface area contributed by atoms with Crippen molar-refractivity contribution in [1.82, 2.24) is 9.55 Å². The molecule has 0 bridgehead atoms. The summed E-state index contributed by atoms with van der Waals surface area (Å²) in [6.45, 7) is 6.14. The van der Waals surface area contributed by atoms with Crippen LogP contribution >= 0.6 is 11.8 Å². The summed E-state index contributed by atoms with van der Waals surface area (Å²) in [7, 11) is 0. The Kier molecular flexibility index (Phi) is 5.24. The zero-order valence-corrected chi connectivity index (χ0v) is 15.4. The zero-order valence-electron chi connectivity index (χ0n) is 14.6. The highest BCUT2D eigenvalue weighted by molar-refractivity contribution is 7.99. The largest absolute Gasteiger partial charge is 0.325 e. The highest BCUT2D eigenvalue weighted by Gasteiger charge is 2.10. The lowest BCUT2D eigenvalue weighted by atomic mass is 10.1. The van der Waals surface area contributed by atoms with Crippen LogP contribution in [0.25, 0.3) is 5.69 Å². The van der Waals surface area contributed by atoms with Gasteiger partial charge in [-0.05, 0) is 55.7 Å². The highest BCUT2D eigenvalue weighted by atomic mass is 32.2. The molecule has 0 aliphatic rings. The van der Waals surface area contributed by atoms with E-state index in [-0.39, 0.29) is 5.91 Å². The van der Waals surface area contributed by atoms with Crippen molar-refractivity contribution >= 4 is 23.4 Å². The van der Waals surface area contributed by atoms with E-state index in [2.05, 4.69) is 42.3 Å². The van der Waals surface area contributed by atoms with Crippen molar-refractivity contribution in [2.75, 3.05) is 11.1 Å². The fraction of sp³-hybridized carbons (Fsp3) is 0.200. The molecule has 0 saturated carbocycles. The lowest BCUT2D eigenvalue weighted by Crippen LogP contribution is -2.15. The minimum atomic E-state index is -0.0331. The van der Waals surface area contributed by atoms with Gasteiger partial charge < -0.3 is 5.32 Å². The van der Waals surface area contributed by atoms with Crippen molar-refractivity contribution < 1.29 is 4.79 Å². The van der Waals surface area contributed by atoms with Crippen LogP contribution in [0.1, 0.15) is 16.7 Å². The number of para-hydroxylation sites is 1. The summed E-state index contributed by atoms with van der Waals surface area (Å²) in [4.78, 5) is 16.6. The van der Waals surface area contributed by atoms with Crippen LogP contribution in [0, 0.1) is 20.8 Å². The maximum atomic E-state index is 12.2. The summed E-state index contributed by atoms with van der Waals surface area (Å²) in [6, 6.07) is 14.1. The summed E-state index contributed by atoms with van der Waals surface area (Å²) >= 11 is 1.43. The Bertz CT molecular complexity index is 881. The molecular formula is C20H21N3OS. The number of amides is 1. The number of nitrogens with one attached hydrogen (secondary N) is 1. The molecule has 3 aromatic rings. The lowest BCUT2D eigenvalue weighted by molar-refractivity contribution is -0.113. The molecule has 25 heavy (non-hydrogen) atoms. The molecule has 2 aromatic carbocycles. The number of carbonyl (C=O) groups is 1. The van der Waals surface area contributed by atoms with E-state index >= 15 is 0 Å². The van der Waals surface area contributed by atoms with Crippen molar-refractivity contribution in [3.8, 4) is 5.69 Å². The fourth-order valence-electron chi connectivity index (χ4n) is 2.71. The Morgan fingerprint density at radius 3 is 2.56 bits per heavy atom. The maximum Gasteiger partial charge on any atom is 0.234 e. The van der Waals surface area contributed by atoms with Gasteiger partial charge in [-0.1, -0.05) is 36.0 Å². The van der Waals surface area contributed by atoms with Crippen LogP contribution in [0.5, 0.6) is 0 Å². The molecule has 5 heteroatoms. The molecule has 1 heterocycles. The Morgan fingerprint density at radius 1 is 1.12 bits per heavy atom. The molecule has 3 rings (SSSR count). The van der Waals surface area contributed by atoms with Gasteiger partial charge in [0.05, 0.1) is 5.75 Å². The third-order valence-electron chi connectivity index (χ3n) is 3.84.